The van der Waals surface area contributed by atoms with Crippen molar-refractivity contribution >= 4 is 17.4 Å². The molecule has 6 nitrogen and oxygen atoms in total. The third-order valence-corrected chi connectivity index (χ3v) is 6.05. The molecule has 0 aliphatic carbocycles. The average molecular weight is 475 g/mol. The quantitative estimate of drug-likeness (QED) is 0.207. The first-order chi connectivity index (χ1) is 16.9. The normalized spacial score (nSPS) is 17.1. The summed E-state index contributed by atoms with van der Waals surface area (Å²) in [5.41, 5.74) is 1.89. The van der Waals surface area contributed by atoms with Gasteiger partial charge in [0, 0.05) is 24.5 Å². The highest BCUT2D eigenvalue weighted by Crippen LogP contribution is 2.40. The van der Waals surface area contributed by atoms with E-state index in [1.807, 2.05) is 0 Å². The summed E-state index contributed by atoms with van der Waals surface area (Å²) < 4.78 is 20.0. The number of aryl methyl sites for hydroxylation is 1. The third kappa shape index (κ3) is 5.09. The molecular weight excluding hydrogens is 447 g/mol. The van der Waals surface area contributed by atoms with Gasteiger partial charge in [-0.2, -0.15) is 0 Å². The molecule has 0 bridgehead atoms. The zero-order valence-electron chi connectivity index (χ0n) is 19.7. The SMILES string of the molecule is CCCCOc1ccc([C@@H]2C(=C(O)c3ccc(C)c(F)c3)C(=O)C(=O)N2Cc2ccncc2)cc1. The monoisotopic (exact) mass is 474 g/mol. The number of benzene rings is 2. The summed E-state index contributed by atoms with van der Waals surface area (Å²) in [6.45, 7) is 4.43. The number of aliphatic hydroxyl groups is 1. The predicted octanol–water partition coefficient (Wildman–Crippen LogP) is 5.33. The van der Waals surface area contributed by atoms with Crippen LogP contribution >= 0.6 is 0 Å². The van der Waals surface area contributed by atoms with Crippen molar-refractivity contribution < 1.29 is 23.8 Å². The van der Waals surface area contributed by atoms with Gasteiger partial charge < -0.3 is 14.7 Å². The Labute approximate surface area is 203 Å². The second kappa shape index (κ2) is 10.5. The maximum Gasteiger partial charge on any atom is 0.295 e. The van der Waals surface area contributed by atoms with Gasteiger partial charge in [0.15, 0.2) is 0 Å². The van der Waals surface area contributed by atoms with Crippen molar-refractivity contribution in [3.05, 3.63) is 101 Å². The van der Waals surface area contributed by atoms with Crippen LogP contribution in [0, 0.1) is 12.7 Å². The number of Topliss-reactive ketones (excluding diaryl/α,β-unsaturated/α-hetero) is 1. The largest absolute Gasteiger partial charge is 0.507 e. The minimum absolute atomic E-state index is 0.0769. The number of hydrogen-bond acceptors (Lipinski definition) is 5. The molecule has 35 heavy (non-hydrogen) atoms. The lowest BCUT2D eigenvalue weighted by Crippen LogP contribution is -2.29. The highest BCUT2D eigenvalue weighted by molar-refractivity contribution is 6.46. The smallest absolute Gasteiger partial charge is 0.295 e. The van der Waals surface area contributed by atoms with Crippen molar-refractivity contribution in [1.82, 2.24) is 9.88 Å². The number of carbonyl (C=O) groups is 2. The summed E-state index contributed by atoms with van der Waals surface area (Å²) in [5.74, 6) is -1.79. The molecule has 0 unspecified atom stereocenters. The van der Waals surface area contributed by atoms with Crippen LogP contribution in [0.15, 0.2) is 72.6 Å². The molecule has 1 aliphatic heterocycles. The van der Waals surface area contributed by atoms with E-state index >= 15 is 0 Å². The number of hydrogen-bond donors (Lipinski definition) is 1. The van der Waals surface area contributed by atoms with E-state index in [4.69, 9.17) is 4.74 Å². The minimum Gasteiger partial charge on any atom is -0.507 e. The lowest BCUT2D eigenvalue weighted by molar-refractivity contribution is -0.140. The molecule has 2 aromatic carbocycles. The Hall–Kier alpha value is -4.00. The number of halogens is 1. The topological polar surface area (TPSA) is 79.7 Å². The Bertz CT molecular complexity index is 1260. The minimum atomic E-state index is -0.850. The summed E-state index contributed by atoms with van der Waals surface area (Å²) in [6, 6.07) is 14.0. The first kappa shape index (κ1) is 24.1. The number of amides is 1. The van der Waals surface area contributed by atoms with Gasteiger partial charge in [0.2, 0.25) is 0 Å². The van der Waals surface area contributed by atoms with Crippen LogP contribution in [0.4, 0.5) is 4.39 Å². The van der Waals surface area contributed by atoms with Crippen LogP contribution in [-0.4, -0.2) is 33.3 Å². The molecular formula is C28H27FN2O4. The van der Waals surface area contributed by atoms with E-state index in [0.717, 1.165) is 18.4 Å². The molecule has 180 valence electrons. The van der Waals surface area contributed by atoms with Gasteiger partial charge >= 0.3 is 0 Å². The second-order valence-corrected chi connectivity index (χ2v) is 8.52. The van der Waals surface area contributed by atoms with Gasteiger partial charge in [-0.25, -0.2) is 4.39 Å². The number of carbonyl (C=O) groups excluding carboxylic acids is 2. The molecule has 1 atom stereocenters. The Kier molecular flexibility index (Phi) is 7.25. The number of nitrogens with zero attached hydrogens (tertiary/aromatic N) is 2. The fourth-order valence-electron chi connectivity index (χ4n) is 4.05. The zero-order chi connectivity index (χ0) is 24.9. The van der Waals surface area contributed by atoms with Gasteiger partial charge in [0.05, 0.1) is 18.2 Å². The summed E-state index contributed by atoms with van der Waals surface area (Å²) in [6.07, 6.45) is 5.17. The molecule has 1 aromatic heterocycles. The fourth-order valence-corrected chi connectivity index (χ4v) is 4.05. The second-order valence-electron chi connectivity index (χ2n) is 8.52. The Morgan fingerprint density at radius 1 is 1.09 bits per heavy atom. The predicted molar refractivity (Wildman–Crippen MR) is 130 cm³/mol. The van der Waals surface area contributed by atoms with Crippen LogP contribution in [0.3, 0.4) is 0 Å². The van der Waals surface area contributed by atoms with E-state index in [9.17, 15) is 19.1 Å². The van der Waals surface area contributed by atoms with Crippen LogP contribution in [0.1, 0.15) is 48.1 Å². The van der Waals surface area contributed by atoms with Crippen molar-refractivity contribution in [3.8, 4) is 5.75 Å². The van der Waals surface area contributed by atoms with E-state index in [0.29, 0.717) is 23.5 Å². The summed E-state index contributed by atoms with van der Waals surface area (Å²) >= 11 is 0. The number of ketones is 1. The van der Waals surface area contributed by atoms with Crippen molar-refractivity contribution in [3.63, 3.8) is 0 Å². The van der Waals surface area contributed by atoms with Gasteiger partial charge in [-0.15, -0.1) is 0 Å². The van der Waals surface area contributed by atoms with E-state index < -0.39 is 29.3 Å². The van der Waals surface area contributed by atoms with Crippen LogP contribution in [0.2, 0.25) is 0 Å². The molecule has 1 saturated heterocycles. The summed E-state index contributed by atoms with van der Waals surface area (Å²) in [7, 11) is 0. The molecule has 0 saturated carbocycles. The van der Waals surface area contributed by atoms with Gasteiger partial charge in [-0.1, -0.05) is 37.6 Å². The van der Waals surface area contributed by atoms with Crippen molar-refractivity contribution in [2.45, 2.75) is 39.3 Å². The van der Waals surface area contributed by atoms with Gasteiger partial charge in [0.1, 0.15) is 17.3 Å². The number of pyridine rings is 1. The average Bonchev–Trinajstić information content (AvgIpc) is 3.11. The Balaban J connectivity index is 1.78. The standard InChI is InChI=1S/C28H27FN2O4/c1-3-4-15-35-22-9-7-20(8-10-22)25-24(26(32)21-6-5-18(2)23(29)16-21)27(33)28(34)31(25)17-19-11-13-30-14-12-19/h5-14,16,25,32H,3-4,15,17H2,1-2H3/t25-/m1/s1. The molecule has 1 aliphatic rings. The maximum atomic E-state index is 14.2. The molecule has 7 heteroatoms. The van der Waals surface area contributed by atoms with E-state index in [2.05, 4.69) is 11.9 Å². The Morgan fingerprint density at radius 2 is 1.80 bits per heavy atom. The van der Waals surface area contributed by atoms with Gasteiger partial charge in [-0.05, 0) is 60.4 Å². The first-order valence-electron chi connectivity index (χ1n) is 11.6. The number of rotatable bonds is 8. The molecule has 3 aromatic rings. The summed E-state index contributed by atoms with van der Waals surface area (Å²) in [5, 5.41) is 11.1. The number of ether oxygens (including phenoxy) is 1. The zero-order valence-corrected chi connectivity index (χ0v) is 19.7. The van der Waals surface area contributed by atoms with Crippen molar-refractivity contribution in [1.29, 1.82) is 0 Å². The van der Waals surface area contributed by atoms with E-state index in [1.165, 1.54) is 23.1 Å². The lowest BCUT2D eigenvalue weighted by Gasteiger charge is -2.25. The molecule has 0 radical (unpaired) electrons. The highest BCUT2D eigenvalue weighted by atomic mass is 19.1. The van der Waals surface area contributed by atoms with Gasteiger partial charge in [-0.3, -0.25) is 14.6 Å². The fraction of sp³-hybridized carbons (Fsp3) is 0.250. The number of unbranched alkanes of at least 4 members (excludes halogenated alkanes) is 1. The van der Waals surface area contributed by atoms with E-state index in [-0.39, 0.29) is 17.7 Å². The van der Waals surface area contributed by atoms with Gasteiger partial charge in [0.25, 0.3) is 11.7 Å². The molecule has 1 N–H and O–H groups in total. The number of likely N-dealkylation sites (tertiary alicyclic amines) is 1. The number of aromatic nitrogens is 1. The lowest BCUT2D eigenvalue weighted by atomic mass is 9.94. The van der Waals surface area contributed by atoms with Crippen LogP contribution in [-0.2, 0) is 16.1 Å². The van der Waals surface area contributed by atoms with Crippen LogP contribution < -0.4 is 4.74 Å². The van der Waals surface area contributed by atoms with Crippen molar-refractivity contribution in [2.24, 2.45) is 0 Å². The summed E-state index contributed by atoms with van der Waals surface area (Å²) in [4.78, 5) is 31.7. The molecule has 4 rings (SSSR count). The first-order valence-corrected chi connectivity index (χ1v) is 11.6. The maximum absolute atomic E-state index is 14.2. The molecule has 1 fully saturated rings. The number of aliphatic hydroxyl groups excluding tert-OH is 1. The molecule has 0 spiro atoms. The third-order valence-electron chi connectivity index (χ3n) is 6.05. The van der Waals surface area contributed by atoms with Crippen molar-refractivity contribution in [2.75, 3.05) is 6.61 Å². The molecule has 1 amide bonds. The van der Waals surface area contributed by atoms with Crippen LogP contribution in [0.25, 0.3) is 5.76 Å². The van der Waals surface area contributed by atoms with Crippen LogP contribution in [0.5, 0.6) is 5.75 Å². The molecule has 2 heterocycles. The van der Waals surface area contributed by atoms with E-state index in [1.54, 1.807) is 55.7 Å². The highest BCUT2D eigenvalue weighted by Gasteiger charge is 2.46. The Morgan fingerprint density at radius 3 is 2.46 bits per heavy atom.